The number of benzene rings is 1. The molecule has 1 aliphatic heterocycles. The van der Waals surface area contributed by atoms with Gasteiger partial charge in [-0.1, -0.05) is 12.1 Å². The number of thiocarbonyl (C=S) groups is 1. The van der Waals surface area contributed by atoms with Crippen molar-refractivity contribution >= 4 is 17.3 Å². The van der Waals surface area contributed by atoms with E-state index >= 15 is 0 Å². The topological polar surface area (TPSA) is 33.1 Å². The second-order valence-electron chi connectivity index (χ2n) is 7.45. The summed E-state index contributed by atoms with van der Waals surface area (Å²) in [6.45, 7) is 3.82. The predicted octanol–water partition coefficient (Wildman–Crippen LogP) is 5.11. The van der Waals surface area contributed by atoms with E-state index in [1.165, 1.54) is 12.1 Å². The van der Waals surface area contributed by atoms with Gasteiger partial charge in [-0.05, 0) is 68.0 Å². The molecule has 4 nitrogen and oxygen atoms in total. The Bertz CT molecular complexity index is 1090. The molecule has 1 saturated heterocycles. The summed E-state index contributed by atoms with van der Waals surface area (Å²) in [5, 5.41) is 3.94. The number of aromatic nitrogens is 2. The number of halogens is 3. The van der Waals surface area contributed by atoms with E-state index in [9.17, 15) is 13.2 Å². The lowest BCUT2D eigenvalue weighted by molar-refractivity contribution is -0.137. The zero-order chi connectivity index (χ0) is 21.6. The van der Waals surface area contributed by atoms with Crippen molar-refractivity contribution in [2.45, 2.75) is 32.1 Å². The number of likely N-dealkylation sites (N-methyl/N-ethyl adjacent to an activating group) is 1. The van der Waals surface area contributed by atoms with E-state index in [1.807, 2.05) is 54.6 Å². The summed E-state index contributed by atoms with van der Waals surface area (Å²) >= 11 is 5.49. The van der Waals surface area contributed by atoms with Crippen molar-refractivity contribution < 1.29 is 13.2 Å². The van der Waals surface area contributed by atoms with Gasteiger partial charge in [0.2, 0.25) is 0 Å². The fraction of sp³-hybridized carbons (Fsp3) is 0.273. The molecule has 8 heteroatoms. The van der Waals surface area contributed by atoms with E-state index in [1.54, 1.807) is 12.3 Å². The summed E-state index contributed by atoms with van der Waals surface area (Å²) in [5.74, 6) is 0. The molecule has 3 aromatic rings. The first-order valence-electron chi connectivity index (χ1n) is 9.49. The second kappa shape index (κ2) is 7.43. The number of hydrogen-bond acceptors (Lipinski definition) is 2. The van der Waals surface area contributed by atoms with Crippen molar-refractivity contribution in [3.05, 3.63) is 82.9 Å². The number of nitrogens with one attached hydrogen (secondary N) is 1. The highest BCUT2D eigenvalue weighted by Crippen LogP contribution is 2.40. The molecule has 1 aliphatic rings. The molecule has 0 saturated carbocycles. The van der Waals surface area contributed by atoms with E-state index < -0.39 is 11.7 Å². The highest BCUT2D eigenvalue weighted by Gasteiger charge is 2.39. The van der Waals surface area contributed by atoms with Crippen molar-refractivity contribution in [3.8, 4) is 5.69 Å². The van der Waals surface area contributed by atoms with Gasteiger partial charge in [-0.25, -0.2) is 0 Å². The third-order valence-corrected chi connectivity index (χ3v) is 5.97. The van der Waals surface area contributed by atoms with Crippen molar-refractivity contribution in [3.63, 3.8) is 0 Å². The molecule has 2 unspecified atom stereocenters. The highest BCUT2D eigenvalue weighted by molar-refractivity contribution is 7.80. The van der Waals surface area contributed by atoms with E-state index in [0.717, 1.165) is 28.7 Å². The number of aryl methyl sites for hydroxylation is 1. The molecule has 3 heterocycles. The Labute approximate surface area is 178 Å². The maximum atomic E-state index is 13.2. The van der Waals surface area contributed by atoms with Crippen LogP contribution in [-0.2, 0) is 6.18 Å². The molecule has 0 amide bonds. The van der Waals surface area contributed by atoms with Gasteiger partial charge in [-0.2, -0.15) is 13.2 Å². The van der Waals surface area contributed by atoms with Crippen LogP contribution in [0.1, 0.15) is 40.3 Å². The van der Waals surface area contributed by atoms with Gasteiger partial charge >= 0.3 is 6.18 Å². The van der Waals surface area contributed by atoms with Crippen LogP contribution in [-0.4, -0.2) is 26.6 Å². The van der Waals surface area contributed by atoms with Gasteiger partial charge in [0, 0.05) is 30.3 Å². The quantitative estimate of drug-likeness (QED) is 0.586. The van der Waals surface area contributed by atoms with Crippen LogP contribution in [0.4, 0.5) is 13.2 Å². The third-order valence-electron chi connectivity index (χ3n) is 5.56. The van der Waals surface area contributed by atoms with Gasteiger partial charge in [0.05, 0.1) is 23.3 Å². The first kappa shape index (κ1) is 20.4. The van der Waals surface area contributed by atoms with Gasteiger partial charge in [0.15, 0.2) is 5.11 Å². The molecule has 0 spiro atoms. The van der Waals surface area contributed by atoms with Crippen LogP contribution in [0.2, 0.25) is 0 Å². The zero-order valence-electron chi connectivity index (χ0n) is 16.7. The normalized spacial score (nSPS) is 19.3. The maximum Gasteiger partial charge on any atom is 0.416 e. The van der Waals surface area contributed by atoms with Gasteiger partial charge in [-0.15, -0.1) is 0 Å². The van der Waals surface area contributed by atoms with Crippen LogP contribution in [0.15, 0.2) is 54.7 Å². The monoisotopic (exact) mass is 430 g/mol. The molecular weight excluding hydrogens is 409 g/mol. The fourth-order valence-electron chi connectivity index (χ4n) is 4.15. The Morgan fingerprint density at radius 3 is 2.50 bits per heavy atom. The average molecular weight is 430 g/mol. The maximum absolute atomic E-state index is 13.2. The lowest BCUT2D eigenvalue weighted by Gasteiger charge is -2.24. The first-order valence-corrected chi connectivity index (χ1v) is 9.90. The molecule has 1 aromatic carbocycles. The number of hydrogen-bond donors (Lipinski definition) is 1. The molecule has 4 rings (SSSR count). The number of rotatable bonds is 3. The van der Waals surface area contributed by atoms with Crippen LogP contribution < -0.4 is 5.32 Å². The van der Waals surface area contributed by atoms with Gasteiger partial charge < -0.3 is 14.8 Å². The van der Waals surface area contributed by atoms with E-state index in [-0.39, 0.29) is 12.1 Å². The van der Waals surface area contributed by atoms with E-state index in [0.29, 0.717) is 10.8 Å². The third kappa shape index (κ3) is 3.45. The molecule has 2 aromatic heterocycles. The molecule has 0 radical (unpaired) electrons. The van der Waals surface area contributed by atoms with Gasteiger partial charge in [0.1, 0.15) is 0 Å². The van der Waals surface area contributed by atoms with E-state index in [2.05, 4.69) is 10.3 Å². The number of alkyl halides is 3. The molecule has 1 N–H and O–H groups in total. The molecule has 0 aliphatic carbocycles. The van der Waals surface area contributed by atoms with Crippen molar-refractivity contribution in [2.24, 2.45) is 0 Å². The Morgan fingerprint density at radius 2 is 1.83 bits per heavy atom. The van der Waals surface area contributed by atoms with E-state index in [4.69, 9.17) is 12.2 Å². The second-order valence-corrected chi connectivity index (χ2v) is 7.83. The molecule has 156 valence electrons. The predicted molar refractivity (Wildman–Crippen MR) is 113 cm³/mol. The fourth-order valence-corrected chi connectivity index (χ4v) is 4.39. The standard InChI is InChI=1S/C22H21F3N4S/c1-13-11-17(14(2)29(13)16-8-6-7-15(12-16)22(23,24)25)20-19(27-21(30)28(20)3)18-9-4-5-10-26-18/h4-12,19-20H,1-3H3,(H,27,30). The molecule has 1 fully saturated rings. The number of pyridine rings is 1. The number of nitrogens with zero attached hydrogens (tertiary/aromatic N) is 3. The van der Waals surface area contributed by atoms with Gasteiger partial charge in [0.25, 0.3) is 0 Å². The van der Waals surface area contributed by atoms with Crippen LogP contribution in [0.5, 0.6) is 0 Å². The Hall–Kier alpha value is -2.87. The van der Waals surface area contributed by atoms with Crippen LogP contribution in [0.25, 0.3) is 5.69 Å². The molecule has 30 heavy (non-hydrogen) atoms. The molecule has 2 atom stereocenters. The molecule has 0 bridgehead atoms. The molecular formula is C22H21F3N4S. The lowest BCUT2D eigenvalue weighted by atomic mass is 9.97. The minimum Gasteiger partial charge on any atom is -0.352 e. The first-order chi connectivity index (χ1) is 14.2. The largest absolute Gasteiger partial charge is 0.416 e. The summed E-state index contributed by atoms with van der Waals surface area (Å²) in [6, 6.07) is 12.9. The summed E-state index contributed by atoms with van der Waals surface area (Å²) < 4.78 is 41.5. The highest BCUT2D eigenvalue weighted by atomic mass is 32.1. The average Bonchev–Trinajstić information content (AvgIpc) is 3.17. The summed E-state index contributed by atoms with van der Waals surface area (Å²) in [5.41, 5.74) is 3.40. The summed E-state index contributed by atoms with van der Waals surface area (Å²) in [4.78, 5) is 6.46. The SMILES string of the molecule is Cc1cc(C2C(c3ccccn3)NC(=S)N2C)c(C)n1-c1cccc(C(F)(F)F)c1. The van der Waals surface area contributed by atoms with Crippen molar-refractivity contribution in [1.29, 1.82) is 0 Å². The van der Waals surface area contributed by atoms with Crippen LogP contribution in [0.3, 0.4) is 0 Å². The Kier molecular flexibility index (Phi) is 5.05. The van der Waals surface area contributed by atoms with Crippen LogP contribution >= 0.6 is 12.2 Å². The van der Waals surface area contributed by atoms with Gasteiger partial charge in [-0.3, -0.25) is 4.98 Å². The Balaban J connectivity index is 1.81. The zero-order valence-corrected chi connectivity index (χ0v) is 17.6. The summed E-state index contributed by atoms with van der Waals surface area (Å²) in [7, 11) is 1.92. The minimum atomic E-state index is -4.39. The smallest absolute Gasteiger partial charge is 0.352 e. The van der Waals surface area contributed by atoms with Crippen molar-refractivity contribution in [2.75, 3.05) is 7.05 Å². The Morgan fingerprint density at radius 1 is 1.07 bits per heavy atom. The summed E-state index contributed by atoms with van der Waals surface area (Å²) in [6.07, 6.45) is -2.65. The van der Waals surface area contributed by atoms with Crippen LogP contribution in [0, 0.1) is 13.8 Å². The van der Waals surface area contributed by atoms with Crippen molar-refractivity contribution in [1.82, 2.24) is 19.8 Å². The minimum absolute atomic E-state index is 0.127. The lowest BCUT2D eigenvalue weighted by Crippen LogP contribution is -2.25.